The Morgan fingerprint density at radius 3 is 1.86 bits per heavy atom. The van der Waals surface area contributed by atoms with Crippen molar-refractivity contribution in [2.75, 3.05) is 0 Å². The zero-order chi connectivity index (χ0) is 15.5. The highest BCUT2D eigenvalue weighted by Gasteiger charge is 2.22. The molecule has 0 saturated heterocycles. The van der Waals surface area contributed by atoms with Crippen molar-refractivity contribution >= 4 is 11.6 Å². The molecule has 0 spiro atoms. The van der Waals surface area contributed by atoms with Gasteiger partial charge in [0.05, 0.1) is 5.56 Å². The molecule has 0 fully saturated rings. The van der Waals surface area contributed by atoms with E-state index < -0.39 is 0 Å². The standard InChI is InChI=1S/C19H15ClN2/c1-22-17(12-16(13-21)19(22)20)18(14-8-4-2-5-9-14)15-10-6-3-7-11-15/h2-12,18H,1H3. The van der Waals surface area contributed by atoms with Crippen molar-refractivity contribution in [1.82, 2.24) is 4.57 Å². The maximum atomic E-state index is 9.23. The summed E-state index contributed by atoms with van der Waals surface area (Å²) in [7, 11) is 1.90. The number of rotatable bonds is 3. The Kier molecular flexibility index (Phi) is 4.00. The molecule has 0 unspecified atom stereocenters. The van der Waals surface area contributed by atoms with Crippen LogP contribution in [-0.2, 0) is 7.05 Å². The average molecular weight is 307 g/mol. The van der Waals surface area contributed by atoms with E-state index in [1.54, 1.807) is 0 Å². The second kappa shape index (κ2) is 6.09. The van der Waals surface area contributed by atoms with E-state index in [1.807, 2.05) is 54.1 Å². The molecule has 0 aliphatic rings. The van der Waals surface area contributed by atoms with Gasteiger partial charge in [-0.2, -0.15) is 5.26 Å². The van der Waals surface area contributed by atoms with E-state index in [-0.39, 0.29) is 5.92 Å². The van der Waals surface area contributed by atoms with Crippen LogP contribution in [-0.4, -0.2) is 4.57 Å². The van der Waals surface area contributed by atoms with Crippen molar-refractivity contribution in [3.63, 3.8) is 0 Å². The molecule has 108 valence electrons. The van der Waals surface area contributed by atoms with Crippen LogP contribution in [0.1, 0.15) is 28.3 Å². The summed E-state index contributed by atoms with van der Waals surface area (Å²) in [5.74, 6) is 0.0481. The Labute approximate surface area is 135 Å². The van der Waals surface area contributed by atoms with Crippen molar-refractivity contribution < 1.29 is 0 Å². The molecule has 2 nitrogen and oxygen atoms in total. The maximum absolute atomic E-state index is 9.23. The lowest BCUT2D eigenvalue weighted by Gasteiger charge is -2.19. The van der Waals surface area contributed by atoms with Crippen molar-refractivity contribution in [2.24, 2.45) is 7.05 Å². The third-order valence-electron chi connectivity index (χ3n) is 3.88. The minimum atomic E-state index is 0.0481. The molecular formula is C19H15ClN2. The van der Waals surface area contributed by atoms with Gasteiger partial charge in [0.1, 0.15) is 11.2 Å². The first kappa shape index (κ1) is 14.4. The van der Waals surface area contributed by atoms with Crippen LogP contribution in [0.3, 0.4) is 0 Å². The first-order chi connectivity index (χ1) is 10.7. The molecule has 0 bridgehead atoms. The summed E-state index contributed by atoms with van der Waals surface area (Å²) in [6, 6.07) is 24.6. The molecule has 3 rings (SSSR count). The first-order valence-corrected chi connectivity index (χ1v) is 7.45. The van der Waals surface area contributed by atoms with E-state index in [0.717, 1.165) is 5.69 Å². The third kappa shape index (κ3) is 2.52. The number of aromatic nitrogens is 1. The van der Waals surface area contributed by atoms with Crippen LogP contribution in [0.5, 0.6) is 0 Å². The second-order valence-corrected chi connectivity index (χ2v) is 5.56. The molecule has 2 aromatic carbocycles. The monoisotopic (exact) mass is 306 g/mol. The first-order valence-electron chi connectivity index (χ1n) is 7.07. The van der Waals surface area contributed by atoms with Crippen LogP contribution in [0.25, 0.3) is 0 Å². The molecule has 1 heterocycles. The Hall–Kier alpha value is -2.50. The summed E-state index contributed by atoms with van der Waals surface area (Å²) < 4.78 is 1.89. The molecule has 1 aromatic heterocycles. The molecule has 0 radical (unpaired) electrons. The minimum absolute atomic E-state index is 0.0481. The molecule has 0 atom stereocenters. The Bertz CT molecular complexity index is 774. The summed E-state index contributed by atoms with van der Waals surface area (Å²) in [6.07, 6.45) is 0. The van der Waals surface area contributed by atoms with Crippen LogP contribution in [0.2, 0.25) is 5.15 Å². The van der Waals surface area contributed by atoms with E-state index in [4.69, 9.17) is 11.6 Å². The molecule has 0 aliphatic heterocycles. The van der Waals surface area contributed by atoms with Gasteiger partial charge in [-0.15, -0.1) is 0 Å². The fourth-order valence-corrected chi connectivity index (χ4v) is 2.97. The van der Waals surface area contributed by atoms with Gasteiger partial charge < -0.3 is 4.57 Å². The summed E-state index contributed by atoms with van der Waals surface area (Å²) in [5.41, 5.74) is 3.88. The fraction of sp³-hybridized carbons (Fsp3) is 0.105. The van der Waals surface area contributed by atoms with Gasteiger partial charge >= 0.3 is 0 Å². The zero-order valence-electron chi connectivity index (χ0n) is 12.2. The zero-order valence-corrected chi connectivity index (χ0v) is 13.0. The lowest BCUT2D eigenvalue weighted by Crippen LogP contribution is -2.08. The predicted octanol–water partition coefficient (Wildman–Crippen LogP) is 4.73. The number of nitrogens with zero attached hydrogens (tertiary/aromatic N) is 2. The highest BCUT2D eigenvalue weighted by atomic mass is 35.5. The van der Waals surface area contributed by atoms with E-state index >= 15 is 0 Å². The number of hydrogen-bond acceptors (Lipinski definition) is 1. The highest BCUT2D eigenvalue weighted by molar-refractivity contribution is 6.30. The average Bonchev–Trinajstić information content (AvgIpc) is 2.85. The SMILES string of the molecule is Cn1c(C(c2ccccc2)c2ccccc2)cc(C#N)c1Cl. The van der Waals surface area contributed by atoms with Crippen LogP contribution >= 0.6 is 11.6 Å². The van der Waals surface area contributed by atoms with Crippen LogP contribution in [0.15, 0.2) is 66.7 Å². The Morgan fingerprint density at radius 1 is 0.955 bits per heavy atom. The molecule has 3 aromatic rings. The van der Waals surface area contributed by atoms with Crippen molar-refractivity contribution in [3.05, 3.63) is 94.3 Å². The largest absolute Gasteiger partial charge is 0.337 e. The number of benzene rings is 2. The van der Waals surface area contributed by atoms with Crippen molar-refractivity contribution in [1.29, 1.82) is 5.26 Å². The number of halogens is 1. The van der Waals surface area contributed by atoms with Gasteiger partial charge in [-0.05, 0) is 17.2 Å². The summed E-state index contributed by atoms with van der Waals surface area (Å²) in [6.45, 7) is 0. The lowest BCUT2D eigenvalue weighted by atomic mass is 9.88. The molecule has 22 heavy (non-hydrogen) atoms. The Balaban J connectivity index is 2.22. The molecular weight excluding hydrogens is 292 g/mol. The smallest absolute Gasteiger partial charge is 0.126 e. The number of hydrogen-bond donors (Lipinski definition) is 0. The van der Waals surface area contributed by atoms with E-state index in [9.17, 15) is 5.26 Å². The highest BCUT2D eigenvalue weighted by Crippen LogP contribution is 2.35. The molecule has 3 heteroatoms. The van der Waals surface area contributed by atoms with Crippen molar-refractivity contribution in [3.8, 4) is 6.07 Å². The van der Waals surface area contributed by atoms with Crippen LogP contribution in [0.4, 0.5) is 0 Å². The molecule has 0 saturated carbocycles. The molecule has 0 aliphatic carbocycles. The fourth-order valence-electron chi connectivity index (χ4n) is 2.78. The number of nitriles is 1. The summed E-state index contributed by atoms with van der Waals surface area (Å²) >= 11 is 6.27. The predicted molar refractivity (Wildman–Crippen MR) is 89.0 cm³/mol. The summed E-state index contributed by atoms with van der Waals surface area (Å²) in [5, 5.41) is 9.71. The van der Waals surface area contributed by atoms with Gasteiger partial charge in [-0.3, -0.25) is 0 Å². The van der Waals surface area contributed by atoms with Crippen LogP contribution < -0.4 is 0 Å². The third-order valence-corrected chi connectivity index (χ3v) is 4.34. The van der Waals surface area contributed by atoms with Gasteiger partial charge in [0.2, 0.25) is 0 Å². The molecule has 0 N–H and O–H groups in total. The van der Waals surface area contributed by atoms with Crippen LogP contribution in [0, 0.1) is 11.3 Å². The maximum Gasteiger partial charge on any atom is 0.126 e. The minimum Gasteiger partial charge on any atom is -0.337 e. The quantitative estimate of drug-likeness (QED) is 0.687. The topological polar surface area (TPSA) is 28.7 Å². The summed E-state index contributed by atoms with van der Waals surface area (Å²) in [4.78, 5) is 0. The van der Waals surface area contributed by atoms with Crippen molar-refractivity contribution in [2.45, 2.75) is 5.92 Å². The normalized spacial score (nSPS) is 10.6. The van der Waals surface area contributed by atoms with E-state index in [2.05, 4.69) is 30.3 Å². The van der Waals surface area contributed by atoms with Gasteiger partial charge in [0, 0.05) is 18.7 Å². The second-order valence-electron chi connectivity index (χ2n) is 5.20. The Morgan fingerprint density at radius 2 is 1.45 bits per heavy atom. The van der Waals surface area contributed by atoms with Gasteiger partial charge in [0.25, 0.3) is 0 Å². The van der Waals surface area contributed by atoms with Gasteiger partial charge in [-0.1, -0.05) is 72.3 Å². The molecule has 0 amide bonds. The van der Waals surface area contributed by atoms with Gasteiger partial charge in [0.15, 0.2) is 0 Å². The van der Waals surface area contributed by atoms with Gasteiger partial charge in [-0.25, -0.2) is 0 Å². The van der Waals surface area contributed by atoms with E-state index in [0.29, 0.717) is 10.7 Å². The lowest BCUT2D eigenvalue weighted by molar-refractivity contribution is 0.795. The van der Waals surface area contributed by atoms with E-state index in [1.165, 1.54) is 11.1 Å².